The molecule has 2 heterocycles. The van der Waals surface area contributed by atoms with Crippen molar-refractivity contribution in [2.45, 2.75) is 58.2 Å². The number of carbonyl (C=O) groups excluding carboxylic acids is 2. The van der Waals surface area contributed by atoms with Crippen molar-refractivity contribution in [2.75, 3.05) is 6.61 Å². The molecule has 29 heavy (non-hydrogen) atoms. The molecule has 1 aromatic heterocycles. The van der Waals surface area contributed by atoms with E-state index in [-0.39, 0.29) is 17.5 Å². The lowest BCUT2D eigenvalue weighted by Crippen LogP contribution is -2.56. The molecule has 0 spiro atoms. The molecule has 1 aliphatic heterocycles. The van der Waals surface area contributed by atoms with Crippen molar-refractivity contribution in [3.63, 3.8) is 0 Å². The third-order valence-corrected chi connectivity index (χ3v) is 4.84. The summed E-state index contributed by atoms with van der Waals surface area (Å²) < 4.78 is 5.55. The molecule has 0 saturated heterocycles. The second kappa shape index (κ2) is 9.07. The smallest absolute Gasteiger partial charge is 0.329 e. The van der Waals surface area contributed by atoms with Crippen molar-refractivity contribution in [3.05, 3.63) is 65.5 Å². The minimum Gasteiger partial charge on any atom is -0.464 e. The van der Waals surface area contributed by atoms with Crippen LogP contribution in [-0.2, 0) is 28.9 Å². The molecule has 1 unspecified atom stereocenters. The van der Waals surface area contributed by atoms with E-state index in [4.69, 9.17) is 4.74 Å². The van der Waals surface area contributed by atoms with E-state index in [0.29, 0.717) is 19.6 Å². The Balaban J connectivity index is 1.64. The Kier molecular flexibility index (Phi) is 6.52. The fourth-order valence-electron chi connectivity index (χ4n) is 3.43. The van der Waals surface area contributed by atoms with Gasteiger partial charge in [-0.05, 0) is 56.4 Å². The van der Waals surface area contributed by atoms with Crippen LogP contribution in [0.3, 0.4) is 0 Å². The number of ether oxygens (including phenoxy) is 1. The molecule has 1 N–H and O–H groups in total. The van der Waals surface area contributed by atoms with Crippen LogP contribution in [0.15, 0.2) is 48.8 Å². The van der Waals surface area contributed by atoms with E-state index in [9.17, 15) is 9.59 Å². The van der Waals surface area contributed by atoms with Crippen LogP contribution < -0.4 is 5.32 Å². The molecule has 1 aliphatic rings. The second-order valence-corrected chi connectivity index (χ2v) is 8.43. The van der Waals surface area contributed by atoms with Crippen molar-refractivity contribution >= 4 is 12.0 Å². The van der Waals surface area contributed by atoms with Crippen LogP contribution in [0.2, 0.25) is 0 Å². The molecule has 0 radical (unpaired) electrons. The van der Waals surface area contributed by atoms with Gasteiger partial charge in [-0.1, -0.05) is 30.3 Å². The van der Waals surface area contributed by atoms with Crippen LogP contribution in [0, 0.1) is 0 Å². The van der Waals surface area contributed by atoms with E-state index in [1.165, 1.54) is 0 Å². The molecule has 2 amide bonds. The first-order chi connectivity index (χ1) is 13.8. The van der Waals surface area contributed by atoms with Gasteiger partial charge in [0.1, 0.15) is 6.04 Å². The molecule has 1 atom stereocenters. The maximum Gasteiger partial charge on any atom is 0.329 e. The summed E-state index contributed by atoms with van der Waals surface area (Å²) in [6, 6.07) is 11.0. The van der Waals surface area contributed by atoms with Gasteiger partial charge < -0.3 is 15.0 Å². The highest BCUT2D eigenvalue weighted by molar-refractivity contribution is 5.85. The standard InChI is InChI=1S/C23H29N3O3/c1-23(2,3)25-22(28)26-16-19-11-5-4-10-18(19)14-20(26)21(27)29-13-7-9-17-8-6-12-24-15-17/h4-6,8,10-12,15,20H,7,9,13-14,16H2,1-3H3,(H,25,28). The van der Waals surface area contributed by atoms with Gasteiger partial charge in [0.15, 0.2) is 0 Å². The highest BCUT2D eigenvalue weighted by Gasteiger charge is 2.36. The largest absolute Gasteiger partial charge is 0.464 e. The highest BCUT2D eigenvalue weighted by atomic mass is 16.5. The number of urea groups is 1. The first-order valence-electron chi connectivity index (χ1n) is 10.0. The van der Waals surface area contributed by atoms with Gasteiger partial charge in [-0.25, -0.2) is 9.59 Å². The van der Waals surface area contributed by atoms with Crippen LogP contribution in [-0.4, -0.2) is 40.1 Å². The third-order valence-electron chi connectivity index (χ3n) is 4.84. The normalized spacial score (nSPS) is 16.1. The number of aromatic nitrogens is 1. The summed E-state index contributed by atoms with van der Waals surface area (Å²) in [4.78, 5) is 31.4. The minimum atomic E-state index is -0.620. The predicted molar refractivity (Wildman–Crippen MR) is 111 cm³/mol. The van der Waals surface area contributed by atoms with Gasteiger partial charge in [0.25, 0.3) is 0 Å². The van der Waals surface area contributed by atoms with Gasteiger partial charge >= 0.3 is 12.0 Å². The number of nitrogens with one attached hydrogen (secondary N) is 1. The van der Waals surface area contributed by atoms with Crippen LogP contribution in [0.1, 0.15) is 43.9 Å². The van der Waals surface area contributed by atoms with Gasteiger partial charge in [-0.15, -0.1) is 0 Å². The molecular formula is C23H29N3O3. The van der Waals surface area contributed by atoms with Crippen molar-refractivity contribution in [1.29, 1.82) is 0 Å². The predicted octanol–water partition coefficient (Wildman–Crippen LogP) is 3.49. The highest BCUT2D eigenvalue weighted by Crippen LogP contribution is 2.24. The Morgan fingerprint density at radius 2 is 1.93 bits per heavy atom. The number of carbonyl (C=O) groups is 2. The van der Waals surface area contributed by atoms with Crippen LogP contribution >= 0.6 is 0 Å². The number of esters is 1. The van der Waals surface area contributed by atoms with Gasteiger partial charge in [-0.2, -0.15) is 0 Å². The summed E-state index contributed by atoms with van der Waals surface area (Å²) in [5.41, 5.74) is 2.88. The fraction of sp³-hybridized carbons (Fsp3) is 0.435. The van der Waals surface area contributed by atoms with E-state index in [2.05, 4.69) is 10.3 Å². The molecular weight excluding hydrogens is 366 g/mol. The Labute approximate surface area is 172 Å². The van der Waals surface area contributed by atoms with E-state index in [0.717, 1.165) is 29.5 Å². The maximum atomic E-state index is 12.9. The van der Waals surface area contributed by atoms with Gasteiger partial charge in [0, 0.05) is 30.9 Å². The van der Waals surface area contributed by atoms with Gasteiger partial charge in [-0.3, -0.25) is 4.98 Å². The average molecular weight is 396 g/mol. The number of pyridine rings is 1. The van der Waals surface area contributed by atoms with Crippen molar-refractivity contribution < 1.29 is 14.3 Å². The summed E-state index contributed by atoms with van der Waals surface area (Å²) in [6.45, 7) is 6.49. The number of amides is 2. The van der Waals surface area contributed by atoms with E-state index >= 15 is 0 Å². The molecule has 154 valence electrons. The van der Waals surface area contributed by atoms with Gasteiger partial charge in [0.05, 0.1) is 6.61 Å². The van der Waals surface area contributed by atoms with Crippen LogP contribution in [0.5, 0.6) is 0 Å². The zero-order chi connectivity index (χ0) is 20.9. The SMILES string of the molecule is CC(C)(C)NC(=O)N1Cc2ccccc2CC1C(=O)OCCCc1cccnc1. The Bertz CT molecular complexity index is 846. The minimum absolute atomic E-state index is 0.246. The van der Waals surface area contributed by atoms with E-state index in [1.54, 1.807) is 11.1 Å². The zero-order valence-electron chi connectivity index (χ0n) is 17.4. The summed E-state index contributed by atoms with van der Waals surface area (Å²) in [6.07, 6.45) is 5.53. The number of hydrogen-bond donors (Lipinski definition) is 1. The van der Waals surface area contributed by atoms with Crippen LogP contribution in [0.4, 0.5) is 4.79 Å². The number of nitrogens with zero attached hydrogens (tertiary/aromatic N) is 2. The number of benzene rings is 1. The summed E-state index contributed by atoms with van der Waals surface area (Å²) >= 11 is 0. The van der Waals surface area contributed by atoms with E-state index in [1.807, 2.05) is 63.4 Å². The van der Waals surface area contributed by atoms with Crippen LogP contribution in [0.25, 0.3) is 0 Å². The summed E-state index contributed by atoms with van der Waals surface area (Å²) in [5, 5.41) is 2.97. The maximum absolute atomic E-state index is 12.9. The van der Waals surface area contributed by atoms with Gasteiger partial charge in [0.2, 0.25) is 0 Å². The molecule has 0 fully saturated rings. The lowest BCUT2D eigenvalue weighted by molar-refractivity contribution is -0.149. The molecule has 0 aliphatic carbocycles. The molecule has 3 rings (SSSR count). The number of fused-ring (bicyclic) bond motifs is 1. The number of aryl methyl sites for hydroxylation is 1. The molecule has 6 heteroatoms. The first kappa shape index (κ1) is 20.8. The molecule has 0 saturated carbocycles. The second-order valence-electron chi connectivity index (χ2n) is 8.43. The van der Waals surface area contributed by atoms with Crippen molar-refractivity contribution in [2.24, 2.45) is 0 Å². The number of rotatable bonds is 5. The third kappa shape index (κ3) is 5.79. The monoisotopic (exact) mass is 395 g/mol. The Morgan fingerprint density at radius 3 is 2.62 bits per heavy atom. The Hall–Kier alpha value is -2.89. The average Bonchev–Trinajstić information content (AvgIpc) is 2.69. The summed E-state index contributed by atoms with van der Waals surface area (Å²) in [5.74, 6) is -0.352. The quantitative estimate of drug-likeness (QED) is 0.621. The topological polar surface area (TPSA) is 71.5 Å². The Morgan fingerprint density at radius 1 is 1.17 bits per heavy atom. The lowest BCUT2D eigenvalue weighted by atomic mass is 9.94. The molecule has 6 nitrogen and oxygen atoms in total. The van der Waals surface area contributed by atoms with E-state index < -0.39 is 6.04 Å². The zero-order valence-corrected chi connectivity index (χ0v) is 17.4. The lowest BCUT2D eigenvalue weighted by Gasteiger charge is -2.37. The fourth-order valence-corrected chi connectivity index (χ4v) is 3.43. The molecule has 1 aromatic carbocycles. The first-order valence-corrected chi connectivity index (χ1v) is 10.0. The summed E-state index contributed by atoms with van der Waals surface area (Å²) in [7, 11) is 0. The van der Waals surface area contributed by atoms with Crippen molar-refractivity contribution in [1.82, 2.24) is 15.2 Å². The molecule has 0 bridgehead atoms. The molecule has 2 aromatic rings. The number of hydrogen-bond acceptors (Lipinski definition) is 4. The van der Waals surface area contributed by atoms with Crippen molar-refractivity contribution in [3.8, 4) is 0 Å².